The monoisotopic (exact) mass is 537 g/mol. The van der Waals surface area contributed by atoms with Gasteiger partial charge in [0.2, 0.25) is 11.8 Å². The average Bonchev–Trinajstić information content (AvgIpc) is 2.91. The standard InChI is InChI=1S/C29H35N3O5S/c1-6-30-29(34)23(4)31(19-24-10-8-7-9-22(24)3)28(33)20-32(25-13-11-21(2)12-14-25)38(35,36)27-17-15-26(37-5)16-18-27/h7-18,23H,6,19-20H2,1-5H3,(H,30,34)/t23-/m1/s1. The molecule has 0 aromatic heterocycles. The molecule has 3 aromatic carbocycles. The van der Waals surface area contributed by atoms with Crippen LogP contribution in [0, 0.1) is 13.8 Å². The van der Waals surface area contributed by atoms with E-state index in [2.05, 4.69) is 5.32 Å². The second-order valence-corrected chi connectivity index (χ2v) is 10.9. The lowest BCUT2D eigenvalue weighted by Crippen LogP contribution is -2.51. The van der Waals surface area contributed by atoms with Gasteiger partial charge in [0.25, 0.3) is 10.0 Å². The second-order valence-electron chi connectivity index (χ2n) is 9.04. The molecule has 0 aliphatic heterocycles. The van der Waals surface area contributed by atoms with Crippen LogP contribution >= 0.6 is 0 Å². The number of aryl methyl sites for hydroxylation is 2. The molecule has 0 saturated heterocycles. The zero-order chi connectivity index (χ0) is 27.9. The maximum absolute atomic E-state index is 13.9. The van der Waals surface area contributed by atoms with E-state index in [1.807, 2.05) is 38.1 Å². The highest BCUT2D eigenvalue weighted by atomic mass is 32.2. The van der Waals surface area contributed by atoms with Crippen molar-refractivity contribution in [2.45, 2.75) is 45.2 Å². The molecular formula is C29H35N3O5S. The SMILES string of the molecule is CCNC(=O)[C@@H](C)N(Cc1ccccc1C)C(=O)CN(c1ccc(C)cc1)S(=O)(=O)c1ccc(OC)cc1. The predicted molar refractivity (Wildman–Crippen MR) is 149 cm³/mol. The van der Waals surface area contributed by atoms with E-state index < -0.39 is 28.5 Å². The first kappa shape index (κ1) is 28.7. The highest BCUT2D eigenvalue weighted by Gasteiger charge is 2.32. The number of likely N-dealkylation sites (N-methyl/N-ethyl adjacent to an activating group) is 1. The van der Waals surface area contributed by atoms with E-state index in [0.717, 1.165) is 21.0 Å². The molecule has 2 amide bonds. The van der Waals surface area contributed by atoms with Gasteiger partial charge in [0, 0.05) is 13.1 Å². The van der Waals surface area contributed by atoms with Crippen LogP contribution in [-0.2, 0) is 26.2 Å². The average molecular weight is 538 g/mol. The third-order valence-corrected chi connectivity index (χ3v) is 8.16. The Morgan fingerprint density at radius 2 is 1.58 bits per heavy atom. The van der Waals surface area contributed by atoms with Crippen LogP contribution in [0.5, 0.6) is 5.75 Å². The van der Waals surface area contributed by atoms with Crippen LogP contribution in [0.3, 0.4) is 0 Å². The normalized spacial score (nSPS) is 11.9. The third kappa shape index (κ3) is 6.72. The lowest BCUT2D eigenvalue weighted by Gasteiger charge is -2.32. The first-order valence-electron chi connectivity index (χ1n) is 12.4. The highest BCUT2D eigenvalue weighted by molar-refractivity contribution is 7.92. The van der Waals surface area contributed by atoms with E-state index in [1.165, 1.54) is 24.1 Å². The molecule has 1 atom stereocenters. The third-order valence-electron chi connectivity index (χ3n) is 6.37. The van der Waals surface area contributed by atoms with Crippen molar-refractivity contribution in [2.24, 2.45) is 0 Å². The maximum atomic E-state index is 13.9. The summed E-state index contributed by atoms with van der Waals surface area (Å²) in [7, 11) is -2.63. The molecule has 38 heavy (non-hydrogen) atoms. The van der Waals surface area contributed by atoms with Crippen LogP contribution in [0.2, 0.25) is 0 Å². The molecule has 0 fully saturated rings. The Labute approximate surface area is 225 Å². The van der Waals surface area contributed by atoms with Crippen LogP contribution in [0.25, 0.3) is 0 Å². The van der Waals surface area contributed by atoms with E-state index in [4.69, 9.17) is 4.74 Å². The summed E-state index contributed by atoms with van der Waals surface area (Å²) in [6.45, 7) is 7.38. The number of ether oxygens (including phenoxy) is 1. The van der Waals surface area contributed by atoms with Crippen LogP contribution in [-0.4, -0.2) is 51.4 Å². The summed E-state index contributed by atoms with van der Waals surface area (Å²) in [5.41, 5.74) is 3.14. The van der Waals surface area contributed by atoms with E-state index in [-0.39, 0.29) is 17.3 Å². The number of hydrogen-bond donors (Lipinski definition) is 1. The van der Waals surface area contributed by atoms with Crippen molar-refractivity contribution in [3.05, 3.63) is 89.5 Å². The fourth-order valence-electron chi connectivity index (χ4n) is 3.99. The number of rotatable bonds is 11. The largest absolute Gasteiger partial charge is 0.497 e. The van der Waals surface area contributed by atoms with E-state index >= 15 is 0 Å². The zero-order valence-corrected chi connectivity index (χ0v) is 23.3. The number of sulfonamides is 1. The Bertz CT molecular complexity index is 1360. The molecule has 0 spiro atoms. The maximum Gasteiger partial charge on any atom is 0.264 e. The molecular weight excluding hydrogens is 502 g/mol. The van der Waals surface area contributed by atoms with Crippen LogP contribution in [0.1, 0.15) is 30.5 Å². The molecule has 0 aliphatic carbocycles. The topological polar surface area (TPSA) is 96.0 Å². The summed E-state index contributed by atoms with van der Waals surface area (Å²) < 4.78 is 33.9. The molecule has 0 saturated carbocycles. The number of carbonyl (C=O) groups excluding carboxylic acids is 2. The Morgan fingerprint density at radius 3 is 2.16 bits per heavy atom. The minimum absolute atomic E-state index is 0.0221. The number of nitrogens with zero attached hydrogens (tertiary/aromatic N) is 2. The van der Waals surface area contributed by atoms with Crippen LogP contribution < -0.4 is 14.4 Å². The van der Waals surface area contributed by atoms with Crippen LogP contribution in [0.4, 0.5) is 5.69 Å². The Morgan fingerprint density at radius 1 is 0.947 bits per heavy atom. The summed E-state index contributed by atoms with van der Waals surface area (Å²) in [5, 5.41) is 2.76. The molecule has 0 aliphatic rings. The van der Waals surface area contributed by atoms with Gasteiger partial charge in [0.1, 0.15) is 18.3 Å². The summed E-state index contributed by atoms with van der Waals surface area (Å²) in [6.07, 6.45) is 0. The van der Waals surface area contributed by atoms with Crippen molar-refractivity contribution >= 4 is 27.5 Å². The number of amides is 2. The number of carbonyl (C=O) groups is 2. The summed E-state index contributed by atoms with van der Waals surface area (Å²) >= 11 is 0. The van der Waals surface area contributed by atoms with Gasteiger partial charge in [0.05, 0.1) is 17.7 Å². The Hall–Kier alpha value is -3.85. The van der Waals surface area contributed by atoms with Crippen molar-refractivity contribution < 1.29 is 22.7 Å². The molecule has 3 aromatic rings. The molecule has 0 unspecified atom stereocenters. The molecule has 8 nitrogen and oxygen atoms in total. The lowest BCUT2D eigenvalue weighted by atomic mass is 10.1. The first-order valence-corrected chi connectivity index (χ1v) is 13.9. The van der Waals surface area contributed by atoms with Crippen LogP contribution in [0.15, 0.2) is 77.7 Å². The van der Waals surface area contributed by atoms with Gasteiger partial charge >= 0.3 is 0 Å². The van der Waals surface area contributed by atoms with Crippen molar-refractivity contribution in [3.63, 3.8) is 0 Å². The van der Waals surface area contributed by atoms with Gasteiger partial charge in [-0.1, -0.05) is 42.0 Å². The second kappa shape index (κ2) is 12.6. The molecule has 202 valence electrons. The van der Waals surface area contributed by atoms with Gasteiger partial charge in [0.15, 0.2) is 0 Å². The number of methoxy groups -OCH3 is 1. The number of anilines is 1. The number of hydrogen-bond acceptors (Lipinski definition) is 5. The molecule has 3 rings (SSSR count). The molecule has 0 heterocycles. The van der Waals surface area contributed by atoms with Crippen molar-refractivity contribution in [1.29, 1.82) is 0 Å². The van der Waals surface area contributed by atoms with Crippen molar-refractivity contribution in [3.8, 4) is 5.75 Å². The van der Waals surface area contributed by atoms with Gasteiger partial charge in [-0.05, 0) is 75.2 Å². The van der Waals surface area contributed by atoms with E-state index in [0.29, 0.717) is 18.0 Å². The summed E-state index contributed by atoms with van der Waals surface area (Å²) in [4.78, 5) is 28.1. The van der Waals surface area contributed by atoms with Crippen molar-refractivity contribution in [2.75, 3.05) is 24.5 Å². The first-order chi connectivity index (χ1) is 18.1. The molecule has 0 bridgehead atoms. The van der Waals surface area contributed by atoms with Gasteiger partial charge < -0.3 is 15.0 Å². The van der Waals surface area contributed by atoms with Gasteiger partial charge in [-0.15, -0.1) is 0 Å². The van der Waals surface area contributed by atoms with E-state index in [1.54, 1.807) is 50.2 Å². The fraction of sp³-hybridized carbons (Fsp3) is 0.310. The van der Waals surface area contributed by atoms with Gasteiger partial charge in [-0.25, -0.2) is 8.42 Å². The molecule has 1 N–H and O–H groups in total. The minimum Gasteiger partial charge on any atom is -0.497 e. The Kier molecular flexibility index (Phi) is 9.52. The number of nitrogens with one attached hydrogen (secondary N) is 1. The zero-order valence-electron chi connectivity index (χ0n) is 22.5. The summed E-state index contributed by atoms with van der Waals surface area (Å²) in [5.74, 6) is -0.291. The Balaban J connectivity index is 2.03. The predicted octanol–water partition coefficient (Wildman–Crippen LogP) is 4.06. The fourth-order valence-corrected chi connectivity index (χ4v) is 5.40. The quantitative estimate of drug-likeness (QED) is 0.398. The van der Waals surface area contributed by atoms with Gasteiger partial charge in [-0.3, -0.25) is 13.9 Å². The molecule has 0 radical (unpaired) electrons. The lowest BCUT2D eigenvalue weighted by molar-refractivity contribution is -0.139. The summed E-state index contributed by atoms with van der Waals surface area (Å²) in [6, 6.07) is 19.7. The van der Waals surface area contributed by atoms with Gasteiger partial charge in [-0.2, -0.15) is 0 Å². The minimum atomic E-state index is -4.13. The van der Waals surface area contributed by atoms with E-state index in [9.17, 15) is 18.0 Å². The highest BCUT2D eigenvalue weighted by Crippen LogP contribution is 2.26. The smallest absolute Gasteiger partial charge is 0.264 e. The van der Waals surface area contributed by atoms with Crippen molar-refractivity contribution in [1.82, 2.24) is 10.2 Å². The number of benzene rings is 3. The molecule has 9 heteroatoms.